The third-order valence-electron chi connectivity index (χ3n) is 2.23. The highest BCUT2D eigenvalue weighted by atomic mass is 14.1. The zero-order valence-electron chi connectivity index (χ0n) is 8.25. The molecule has 0 atom stereocenters. The molecule has 2 rings (SSSR count). The zero-order valence-corrected chi connectivity index (χ0v) is 8.25. The van der Waals surface area contributed by atoms with Crippen molar-refractivity contribution in [3.05, 3.63) is 71.5 Å². The molecule has 0 N–H and O–H groups in total. The van der Waals surface area contributed by atoms with Crippen LogP contribution in [0.15, 0.2) is 65.9 Å². The summed E-state index contributed by atoms with van der Waals surface area (Å²) >= 11 is 0. The van der Waals surface area contributed by atoms with E-state index >= 15 is 0 Å². The van der Waals surface area contributed by atoms with Crippen molar-refractivity contribution in [3.8, 4) is 0 Å². The highest BCUT2D eigenvalue weighted by Gasteiger charge is 2.03. The highest BCUT2D eigenvalue weighted by Crippen LogP contribution is 2.23. The standard InChI is InChI=1S/C14H12/c1-11(2)13-8-9-14(10-13)12-6-4-3-5-7-12/h3-9H,1H2,2H3. The van der Waals surface area contributed by atoms with Crippen molar-refractivity contribution in [2.75, 3.05) is 0 Å². The van der Waals surface area contributed by atoms with E-state index in [4.69, 9.17) is 0 Å². The number of hydrogen-bond donors (Lipinski definition) is 0. The molecule has 0 saturated heterocycles. The zero-order chi connectivity index (χ0) is 9.97. The van der Waals surface area contributed by atoms with Crippen LogP contribution in [0.5, 0.6) is 0 Å². The second-order valence-corrected chi connectivity index (χ2v) is 3.43. The SMILES string of the molecule is C=C(C)C1=C=C(c2ccccc2)C=C1. The fourth-order valence-electron chi connectivity index (χ4n) is 1.43. The molecule has 1 aromatic rings. The van der Waals surface area contributed by atoms with Gasteiger partial charge < -0.3 is 0 Å². The largest absolute Gasteiger partial charge is 0.104 e. The Labute approximate surface area is 84.6 Å². The third kappa shape index (κ3) is 1.61. The molecular formula is C14H12. The van der Waals surface area contributed by atoms with Gasteiger partial charge in [-0.1, -0.05) is 36.9 Å². The molecule has 0 aliphatic heterocycles. The van der Waals surface area contributed by atoms with Crippen LogP contribution in [0.2, 0.25) is 0 Å². The Morgan fingerprint density at radius 3 is 2.43 bits per heavy atom. The van der Waals surface area contributed by atoms with E-state index in [1.807, 2.05) is 25.1 Å². The van der Waals surface area contributed by atoms with Crippen LogP contribution in [-0.2, 0) is 0 Å². The van der Waals surface area contributed by atoms with E-state index in [0.717, 1.165) is 16.7 Å². The maximum atomic E-state index is 3.90. The molecular weight excluding hydrogens is 168 g/mol. The number of rotatable bonds is 2. The third-order valence-corrected chi connectivity index (χ3v) is 2.23. The summed E-state index contributed by atoms with van der Waals surface area (Å²) < 4.78 is 0. The maximum absolute atomic E-state index is 3.90. The van der Waals surface area contributed by atoms with Gasteiger partial charge in [-0.2, -0.15) is 0 Å². The lowest BCUT2D eigenvalue weighted by atomic mass is 10.1. The smallest absolute Gasteiger partial charge is 0.0243 e. The van der Waals surface area contributed by atoms with Crippen molar-refractivity contribution in [1.29, 1.82) is 0 Å². The number of hydrogen-bond acceptors (Lipinski definition) is 0. The number of allylic oxidation sites excluding steroid dienone is 4. The molecule has 0 amide bonds. The first-order valence-electron chi connectivity index (χ1n) is 4.67. The van der Waals surface area contributed by atoms with Crippen LogP contribution in [0.3, 0.4) is 0 Å². The number of benzene rings is 1. The first-order valence-corrected chi connectivity index (χ1v) is 4.67. The van der Waals surface area contributed by atoms with Gasteiger partial charge in [0.05, 0.1) is 0 Å². The molecule has 0 bridgehead atoms. The van der Waals surface area contributed by atoms with Crippen molar-refractivity contribution in [3.63, 3.8) is 0 Å². The van der Waals surface area contributed by atoms with Crippen molar-refractivity contribution < 1.29 is 0 Å². The Bertz CT molecular complexity index is 452. The molecule has 1 aliphatic rings. The van der Waals surface area contributed by atoms with Crippen molar-refractivity contribution in [2.24, 2.45) is 0 Å². The van der Waals surface area contributed by atoms with Crippen LogP contribution in [0, 0.1) is 0 Å². The summed E-state index contributed by atoms with van der Waals surface area (Å²) in [5.74, 6) is 0. The predicted octanol–water partition coefficient (Wildman–Crippen LogP) is 3.74. The molecule has 0 saturated carbocycles. The summed E-state index contributed by atoms with van der Waals surface area (Å²) in [7, 11) is 0. The van der Waals surface area contributed by atoms with Crippen molar-refractivity contribution >= 4 is 5.57 Å². The van der Waals surface area contributed by atoms with Crippen LogP contribution < -0.4 is 0 Å². The van der Waals surface area contributed by atoms with E-state index in [1.54, 1.807) is 0 Å². The average molecular weight is 180 g/mol. The van der Waals surface area contributed by atoms with E-state index in [9.17, 15) is 0 Å². The van der Waals surface area contributed by atoms with Crippen LogP contribution >= 0.6 is 0 Å². The minimum atomic E-state index is 1.06. The molecule has 68 valence electrons. The Morgan fingerprint density at radius 2 is 1.86 bits per heavy atom. The monoisotopic (exact) mass is 180 g/mol. The molecule has 0 heteroatoms. The van der Waals surface area contributed by atoms with Gasteiger partial charge in [0.25, 0.3) is 0 Å². The molecule has 0 fully saturated rings. The lowest BCUT2D eigenvalue weighted by Crippen LogP contribution is -1.74. The minimum absolute atomic E-state index is 1.06. The van der Waals surface area contributed by atoms with Gasteiger partial charge >= 0.3 is 0 Å². The van der Waals surface area contributed by atoms with Gasteiger partial charge in [0.1, 0.15) is 0 Å². The summed E-state index contributed by atoms with van der Waals surface area (Å²) in [5, 5.41) is 0. The summed E-state index contributed by atoms with van der Waals surface area (Å²) in [6.45, 7) is 5.90. The van der Waals surface area contributed by atoms with E-state index in [-0.39, 0.29) is 0 Å². The second-order valence-electron chi connectivity index (χ2n) is 3.43. The van der Waals surface area contributed by atoms with Gasteiger partial charge in [-0.3, -0.25) is 0 Å². The van der Waals surface area contributed by atoms with E-state index in [0.29, 0.717) is 0 Å². The first kappa shape index (κ1) is 8.80. The lowest BCUT2D eigenvalue weighted by Gasteiger charge is -1.94. The van der Waals surface area contributed by atoms with Crippen molar-refractivity contribution in [2.45, 2.75) is 6.92 Å². The van der Waals surface area contributed by atoms with E-state index in [1.165, 1.54) is 5.56 Å². The normalized spacial score (nSPS) is 13.8. The molecule has 1 aliphatic carbocycles. The van der Waals surface area contributed by atoms with Gasteiger partial charge in [0.15, 0.2) is 0 Å². The van der Waals surface area contributed by atoms with Gasteiger partial charge in [-0.05, 0) is 30.2 Å². The Morgan fingerprint density at radius 1 is 1.14 bits per heavy atom. The fraction of sp³-hybridized carbons (Fsp3) is 0.0714. The van der Waals surface area contributed by atoms with E-state index in [2.05, 4.69) is 36.6 Å². The van der Waals surface area contributed by atoms with Crippen LogP contribution in [0.1, 0.15) is 12.5 Å². The van der Waals surface area contributed by atoms with Crippen molar-refractivity contribution in [1.82, 2.24) is 0 Å². The van der Waals surface area contributed by atoms with Gasteiger partial charge in [-0.15, -0.1) is 5.73 Å². The Kier molecular flexibility index (Phi) is 2.22. The van der Waals surface area contributed by atoms with Crippen LogP contribution in [0.25, 0.3) is 5.57 Å². The fourth-order valence-corrected chi connectivity index (χ4v) is 1.43. The van der Waals surface area contributed by atoms with Gasteiger partial charge in [0, 0.05) is 11.1 Å². The molecule has 0 radical (unpaired) electrons. The molecule has 0 heterocycles. The van der Waals surface area contributed by atoms with Gasteiger partial charge in [0.2, 0.25) is 0 Å². The Hall–Kier alpha value is -1.78. The quantitative estimate of drug-likeness (QED) is 0.608. The Balaban J connectivity index is 2.45. The summed E-state index contributed by atoms with van der Waals surface area (Å²) in [4.78, 5) is 0. The molecule has 0 unspecified atom stereocenters. The summed E-state index contributed by atoms with van der Waals surface area (Å²) in [6, 6.07) is 10.3. The van der Waals surface area contributed by atoms with Crippen LogP contribution in [-0.4, -0.2) is 0 Å². The first-order chi connectivity index (χ1) is 6.77. The topological polar surface area (TPSA) is 0 Å². The molecule has 1 aromatic carbocycles. The highest BCUT2D eigenvalue weighted by molar-refractivity contribution is 5.78. The molecule has 0 spiro atoms. The molecule has 14 heavy (non-hydrogen) atoms. The maximum Gasteiger partial charge on any atom is 0.0243 e. The van der Waals surface area contributed by atoms with Crippen LogP contribution in [0.4, 0.5) is 0 Å². The second kappa shape index (κ2) is 3.53. The summed E-state index contributed by atoms with van der Waals surface area (Å²) in [5.41, 5.74) is 7.84. The predicted molar refractivity (Wildman–Crippen MR) is 60.8 cm³/mol. The minimum Gasteiger partial charge on any atom is -0.104 e. The average Bonchev–Trinajstić information content (AvgIpc) is 2.68. The van der Waals surface area contributed by atoms with E-state index < -0.39 is 0 Å². The lowest BCUT2D eigenvalue weighted by molar-refractivity contribution is 1.48. The van der Waals surface area contributed by atoms with Gasteiger partial charge in [-0.25, -0.2) is 0 Å². The molecule has 0 nitrogen and oxygen atoms in total. The summed E-state index contributed by atoms with van der Waals surface area (Å²) in [6.07, 6.45) is 4.14. The molecule has 0 aromatic heterocycles.